The molecule has 4 nitrogen and oxygen atoms in total. The van der Waals surface area contributed by atoms with Crippen molar-refractivity contribution in [1.82, 2.24) is 4.98 Å². The van der Waals surface area contributed by atoms with Crippen molar-refractivity contribution in [3.63, 3.8) is 0 Å². The number of fused-ring (bicyclic) bond motifs is 1. The van der Waals surface area contributed by atoms with Crippen LogP contribution >= 0.6 is 0 Å². The SMILES string of the molecule is O=C(O)C(O)CCc1cc2cc(C(F)(F)F)ccc2nc1-c1ccccc1. The van der Waals surface area contributed by atoms with Gasteiger partial charge in [-0.1, -0.05) is 30.3 Å². The van der Waals surface area contributed by atoms with Crippen molar-refractivity contribution in [3.8, 4) is 11.3 Å². The number of alkyl halides is 3. The lowest BCUT2D eigenvalue weighted by Gasteiger charge is -2.14. The Hall–Kier alpha value is -2.93. The number of aliphatic hydroxyl groups excluding tert-OH is 1. The molecule has 3 rings (SSSR count). The van der Waals surface area contributed by atoms with Crippen molar-refractivity contribution in [3.05, 3.63) is 65.7 Å². The first-order valence-electron chi connectivity index (χ1n) is 8.23. The van der Waals surface area contributed by atoms with Gasteiger partial charge >= 0.3 is 12.1 Å². The molecule has 0 radical (unpaired) electrons. The molecular formula is C20H16F3NO3. The number of pyridine rings is 1. The molecule has 2 aromatic carbocycles. The van der Waals surface area contributed by atoms with E-state index in [1.807, 2.05) is 30.3 Å². The third kappa shape index (κ3) is 4.25. The van der Waals surface area contributed by atoms with Crippen molar-refractivity contribution in [2.45, 2.75) is 25.1 Å². The number of nitrogens with zero attached hydrogens (tertiary/aromatic N) is 1. The number of carboxylic acids is 1. The molecule has 0 amide bonds. The van der Waals surface area contributed by atoms with Crippen LogP contribution in [0, 0.1) is 0 Å². The average molecular weight is 375 g/mol. The van der Waals surface area contributed by atoms with Gasteiger partial charge in [0, 0.05) is 10.9 Å². The van der Waals surface area contributed by atoms with Gasteiger partial charge in [-0.15, -0.1) is 0 Å². The van der Waals surface area contributed by atoms with Gasteiger partial charge < -0.3 is 10.2 Å². The van der Waals surface area contributed by atoms with Crippen LogP contribution in [-0.2, 0) is 17.4 Å². The van der Waals surface area contributed by atoms with Crippen molar-refractivity contribution in [2.75, 3.05) is 0 Å². The number of halogens is 3. The van der Waals surface area contributed by atoms with Gasteiger partial charge in [0.1, 0.15) is 0 Å². The maximum Gasteiger partial charge on any atom is 0.416 e. The number of hydrogen-bond acceptors (Lipinski definition) is 3. The van der Waals surface area contributed by atoms with E-state index in [2.05, 4.69) is 4.98 Å². The van der Waals surface area contributed by atoms with E-state index in [0.29, 0.717) is 22.2 Å². The first-order chi connectivity index (χ1) is 12.8. The Morgan fingerprint density at radius 1 is 1.07 bits per heavy atom. The molecule has 1 heterocycles. The van der Waals surface area contributed by atoms with Crippen LogP contribution in [0.25, 0.3) is 22.2 Å². The number of aliphatic hydroxyl groups is 1. The van der Waals surface area contributed by atoms with E-state index in [-0.39, 0.29) is 12.8 Å². The first-order valence-corrected chi connectivity index (χ1v) is 8.23. The quantitative estimate of drug-likeness (QED) is 0.698. The molecular weight excluding hydrogens is 359 g/mol. The van der Waals surface area contributed by atoms with Gasteiger partial charge in [-0.2, -0.15) is 13.2 Å². The molecule has 0 saturated heterocycles. The zero-order valence-electron chi connectivity index (χ0n) is 14.1. The zero-order chi connectivity index (χ0) is 19.6. The summed E-state index contributed by atoms with van der Waals surface area (Å²) in [5, 5.41) is 18.7. The van der Waals surface area contributed by atoms with Gasteiger partial charge in [-0.25, -0.2) is 9.78 Å². The lowest BCUT2D eigenvalue weighted by atomic mass is 9.98. The van der Waals surface area contributed by atoms with E-state index in [4.69, 9.17) is 5.11 Å². The lowest BCUT2D eigenvalue weighted by molar-refractivity contribution is -0.146. The number of aryl methyl sites for hydroxylation is 1. The minimum absolute atomic E-state index is 0.0681. The molecule has 7 heteroatoms. The molecule has 1 aromatic heterocycles. The fourth-order valence-corrected chi connectivity index (χ4v) is 2.85. The second-order valence-corrected chi connectivity index (χ2v) is 6.16. The Morgan fingerprint density at radius 2 is 1.78 bits per heavy atom. The van der Waals surface area contributed by atoms with Gasteiger partial charge in [0.15, 0.2) is 6.10 Å². The molecule has 0 spiro atoms. The molecule has 27 heavy (non-hydrogen) atoms. The van der Waals surface area contributed by atoms with Gasteiger partial charge in [0.25, 0.3) is 0 Å². The zero-order valence-corrected chi connectivity index (χ0v) is 14.1. The minimum Gasteiger partial charge on any atom is -0.479 e. The number of rotatable bonds is 5. The van der Waals surface area contributed by atoms with E-state index in [9.17, 15) is 23.1 Å². The number of benzene rings is 2. The molecule has 1 unspecified atom stereocenters. The Bertz CT molecular complexity index is 971. The van der Waals surface area contributed by atoms with Crippen LogP contribution in [0.4, 0.5) is 13.2 Å². The summed E-state index contributed by atoms with van der Waals surface area (Å²) in [6.45, 7) is 0. The summed E-state index contributed by atoms with van der Waals surface area (Å²) < 4.78 is 39.0. The van der Waals surface area contributed by atoms with Crippen LogP contribution in [0.15, 0.2) is 54.6 Å². The average Bonchev–Trinajstić information content (AvgIpc) is 2.64. The summed E-state index contributed by atoms with van der Waals surface area (Å²) in [5.74, 6) is -1.34. The highest BCUT2D eigenvalue weighted by molar-refractivity contribution is 5.84. The molecule has 0 bridgehead atoms. The summed E-state index contributed by atoms with van der Waals surface area (Å²) in [7, 11) is 0. The van der Waals surface area contributed by atoms with E-state index in [0.717, 1.165) is 17.7 Å². The molecule has 0 fully saturated rings. The number of carboxylic acid groups (broad SMARTS) is 1. The Kier molecular flexibility index (Phi) is 5.14. The molecule has 0 aliphatic carbocycles. The summed E-state index contributed by atoms with van der Waals surface area (Å²) in [6.07, 6.45) is -5.92. The van der Waals surface area contributed by atoms with Crippen LogP contribution in [0.2, 0.25) is 0 Å². The van der Waals surface area contributed by atoms with Crippen LogP contribution < -0.4 is 0 Å². The predicted molar refractivity (Wildman–Crippen MR) is 94.1 cm³/mol. The van der Waals surface area contributed by atoms with Crippen LogP contribution in [0.1, 0.15) is 17.5 Å². The van der Waals surface area contributed by atoms with Crippen molar-refractivity contribution in [2.24, 2.45) is 0 Å². The number of carbonyl (C=O) groups is 1. The molecule has 3 aromatic rings. The van der Waals surface area contributed by atoms with Crippen LogP contribution in [0.3, 0.4) is 0 Å². The molecule has 140 valence electrons. The number of aromatic nitrogens is 1. The fourth-order valence-electron chi connectivity index (χ4n) is 2.85. The van der Waals surface area contributed by atoms with Crippen LogP contribution in [0.5, 0.6) is 0 Å². The predicted octanol–water partition coefficient (Wildman–Crippen LogP) is 4.30. The largest absolute Gasteiger partial charge is 0.479 e. The highest BCUT2D eigenvalue weighted by Crippen LogP contribution is 2.33. The molecule has 0 aliphatic rings. The maximum atomic E-state index is 13.0. The van der Waals surface area contributed by atoms with Gasteiger partial charge in [-0.05, 0) is 42.7 Å². The van der Waals surface area contributed by atoms with E-state index in [1.165, 1.54) is 6.07 Å². The Morgan fingerprint density at radius 3 is 2.41 bits per heavy atom. The molecule has 2 N–H and O–H groups in total. The van der Waals surface area contributed by atoms with Crippen molar-refractivity contribution < 1.29 is 28.2 Å². The van der Waals surface area contributed by atoms with Crippen molar-refractivity contribution >= 4 is 16.9 Å². The van der Waals surface area contributed by atoms with Gasteiger partial charge in [0.2, 0.25) is 0 Å². The summed E-state index contributed by atoms with van der Waals surface area (Å²) in [4.78, 5) is 15.3. The third-order valence-corrected chi connectivity index (χ3v) is 4.24. The normalized spacial score (nSPS) is 12.9. The number of hydrogen-bond donors (Lipinski definition) is 2. The third-order valence-electron chi connectivity index (χ3n) is 4.24. The molecule has 0 aliphatic heterocycles. The monoisotopic (exact) mass is 375 g/mol. The smallest absolute Gasteiger partial charge is 0.416 e. The second-order valence-electron chi connectivity index (χ2n) is 6.16. The highest BCUT2D eigenvalue weighted by Gasteiger charge is 2.30. The van der Waals surface area contributed by atoms with Crippen LogP contribution in [-0.4, -0.2) is 27.3 Å². The lowest BCUT2D eigenvalue weighted by Crippen LogP contribution is -2.20. The van der Waals surface area contributed by atoms with E-state index >= 15 is 0 Å². The second kappa shape index (κ2) is 7.36. The van der Waals surface area contributed by atoms with Gasteiger partial charge in [-0.3, -0.25) is 0 Å². The summed E-state index contributed by atoms with van der Waals surface area (Å²) >= 11 is 0. The fraction of sp³-hybridized carbons (Fsp3) is 0.200. The standard InChI is InChI=1S/C20H16F3NO3/c21-20(22,23)15-7-8-16-14(11-15)10-13(6-9-17(25)19(26)27)18(24-16)12-4-2-1-3-5-12/h1-5,7-8,10-11,17,25H,6,9H2,(H,26,27). The topological polar surface area (TPSA) is 70.4 Å². The summed E-state index contributed by atoms with van der Waals surface area (Å²) in [5.41, 5.74) is 1.53. The Balaban J connectivity index is 2.10. The van der Waals surface area contributed by atoms with E-state index in [1.54, 1.807) is 6.07 Å². The minimum atomic E-state index is -4.47. The highest BCUT2D eigenvalue weighted by atomic mass is 19.4. The molecule has 0 saturated carbocycles. The van der Waals surface area contributed by atoms with Crippen molar-refractivity contribution in [1.29, 1.82) is 0 Å². The maximum absolute atomic E-state index is 13.0. The van der Waals surface area contributed by atoms with E-state index < -0.39 is 23.8 Å². The number of aliphatic carboxylic acids is 1. The Labute approximate surface area is 152 Å². The molecule has 1 atom stereocenters. The van der Waals surface area contributed by atoms with Gasteiger partial charge in [0.05, 0.1) is 16.8 Å². The first kappa shape index (κ1) is 18.8. The summed E-state index contributed by atoms with van der Waals surface area (Å²) in [6, 6.07) is 14.0.